The lowest BCUT2D eigenvalue weighted by molar-refractivity contribution is 0.264. The number of nitriles is 1. The van der Waals surface area contributed by atoms with Gasteiger partial charge < -0.3 is 4.74 Å². The SMILES string of the molecule is Cc1ccc(OCCC(C)(C#N)NC2CC2)c(C)c1. The minimum absolute atomic E-state index is 0.472. The average Bonchev–Trinajstić information content (AvgIpc) is 3.16. The van der Waals surface area contributed by atoms with Gasteiger partial charge in [0.2, 0.25) is 0 Å². The lowest BCUT2D eigenvalue weighted by Crippen LogP contribution is -2.43. The van der Waals surface area contributed by atoms with Crippen LogP contribution >= 0.6 is 0 Å². The summed E-state index contributed by atoms with van der Waals surface area (Å²) in [5.74, 6) is 0.914. The Balaban J connectivity index is 1.86. The van der Waals surface area contributed by atoms with Crippen molar-refractivity contribution in [2.45, 2.75) is 51.6 Å². The predicted octanol–water partition coefficient (Wildman–Crippen LogP) is 3.11. The minimum Gasteiger partial charge on any atom is -0.493 e. The van der Waals surface area contributed by atoms with Crippen LogP contribution in [0.1, 0.15) is 37.3 Å². The monoisotopic (exact) mass is 258 g/mol. The van der Waals surface area contributed by atoms with E-state index < -0.39 is 5.54 Å². The van der Waals surface area contributed by atoms with Crippen molar-refractivity contribution in [3.05, 3.63) is 29.3 Å². The van der Waals surface area contributed by atoms with Crippen LogP contribution in [-0.2, 0) is 0 Å². The van der Waals surface area contributed by atoms with Gasteiger partial charge in [0.05, 0.1) is 12.7 Å². The molecule has 102 valence electrons. The third kappa shape index (κ3) is 3.97. The van der Waals surface area contributed by atoms with E-state index in [4.69, 9.17) is 4.74 Å². The molecular weight excluding hydrogens is 236 g/mol. The van der Waals surface area contributed by atoms with Crippen molar-refractivity contribution in [3.8, 4) is 11.8 Å². The van der Waals surface area contributed by atoms with Crippen LogP contribution in [0.25, 0.3) is 0 Å². The van der Waals surface area contributed by atoms with Crippen LogP contribution < -0.4 is 10.1 Å². The van der Waals surface area contributed by atoms with Crippen LogP contribution in [0.4, 0.5) is 0 Å². The normalized spacial score (nSPS) is 17.6. The largest absolute Gasteiger partial charge is 0.493 e. The first-order valence-corrected chi connectivity index (χ1v) is 6.91. The van der Waals surface area contributed by atoms with E-state index in [2.05, 4.69) is 24.4 Å². The lowest BCUT2D eigenvalue weighted by Gasteiger charge is -2.23. The van der Waals surface area contributed by atoms with Crippen molar-refractivity contribution in [2.75, 3.05) is 6.61 Å². The molecule has 1 aliphatic carbocycles. The molecule has 0 radical (unpaired) electrons. The van der Waals surface area contributed by atoms with Crippen LogP contribution in [0.2, 0.25) is 0 Å². The molecule has 1 atom stereocenters. The summed E-state index contributed by atoms with van der Waals surface area (Å²) < 4.78 is 5.80. The topological polar surface area (TPSA) is 45.0 Å². The maximum Gasteiger partial charge on any atom is 0.122 e. The maximum atomic E-state index is 9.28. The number of hydrogen-bond acceptors (Lipinski definition) is 3. The summed E-state index contributed by atoms with van der Waals surface area (Å²) in [6.07, 6.45) is 3.08. The first-order valence-electron chi connectivity index (χ1n) is 6.91. The molecule has 3 heteroatoms. The smallest absolute Gasteiger partial charge is 0.122 e. The third-order valence-electron chi connectivity index (χ3n) is 3.54. The number of hydrogen-bond donors (Lipinski definition) is 1. The highest BCUT2D eigenvalue weighted by Gasteiger charge is 2.32. The molecule has 19 heavy (non-hydrogen) atoms. The summed E-state index contributed by atoms with van der Waals surface area (Å²) in [5, 5.41) is 12.7. The fourth-order valence-electron chi connectivity index (χ4n) is 2.16. The second kappa shape index (κ2) is 5.63. The van der Waals surface area contributed by atoms with Gasteiger partial charge in [0.1, 0.15) is 11.3 Å². The standard InChI is InChI=1S/C16H22N2O/c1-12-4-7-15(13(2)10-12)19-9-8-16(3,11-17)18-14-5-6-14/h4,7,10,14,18H,5-6,8-9H2,1-3H3. The summed E-state index contributed by atoms with van der Waals surface area (Å²) in [7, 11) is 0. The second-order valence-electron chi connectivity index (χ2n) is 5.73. The van der Waals surface area contributed by atoms with Gasteiger partial charge in [-0.05, 0) is 45.2 Å². The van der Waals surface area contributed by atoms with Gasteiger partial charge in [-0.3, -0.25) is 5.32 Å². The molecule has 1 fully saturated rings. The van der Waals surface area contributed by atoms with Gasteiger partial charge >= 0.3 is 0 Å². The number of ether oxygens (including phenoxy) is 1. The molecule has 1 unspecified atom stereocenters. The molecule has 0 saturated heterocycles. The Bertz CT molecular complexity index is 488. The van der Waals surface area contributed by atoms with Crippen LogP contribution in [0.5, 0.6) is 5.75 Å². The molecule has 3 nitrogen and oxygen atoms in total. The zero-order chi connectivity index (χ0) is 13.9. The highest BCUT2D eigenvalue weighted by atomic mass is 16.5. The van der Waals surface area contributed by atoms with Crippen LogP contribution in [0.15, 0.2) is 18.2 Å². The van der Waals surface area contributed by atoms with E-state index in [0.717, 1.165) is 11.3 Å². The van der Waals surface area contributed by atoms with Gasteiger partial charge in [0, 0.05) is 12.5 Å². The molecule has 0 amide bonds. The Morgan fingerprint density at radius 1 is 1.42 bits per heavy atom. The molecule has 0 aromatic heterocycles. The van der Waals surface area contributed by atoms with Crippen molar-refractivity contribution >= 4 is 0 Å². The van der Waals surface area contributed by atoms with Gasteiger partial charge in [-0.2, -0.15) is 5.26 Å². The van der Waals surface area contributed by atoms with Gasteiger partial charge in [-0.25, -0.2) is 0 Å². The summed E-state index contributed by atoms with van der Waals surface area (Å²) in [5.41, 5.74) is 1.91. The van der Waals surface area contributed by atoms with Crippen molar-refractivity contribution in [1.29, 1.82) is 5.26 Å². The number of rotatable bonds is 6. The first-order chi connectivity index (χ1) is 9.02. The Morgan fingerprint density at radius 3 is 2.74 bits per heavy atom. The fourth-order valence-corrected chi connectivity index (χ4v) is 2.16. The Morgan fingerprint density at radius 2 is 2.16 bits per heavy atom. The molecule has 0 aliphatic heterocycles. The predicted molar refractivity (Wildman–Crippen MR) is 76.2 cm³/mol. The molecule has 0 spiro atoms. The highest BCUT2D eigenvalue weighted by Crippen LogP contribution is 2.24. The van der Waals surface area contributed by atoms with E-state index >= 15 is 0 Å². The van der Waals surface area contributed by atoms with E-state index in [9.17, 15) is 5.26 Å². The second-order valence-corrected chi connectivity index (χ2v) is 5.73. The van der Waals surface area contributed by atoms with Crippen molar-refractivity contribution in [1.82, 2.24) is 5.32 Å². The molecule has 1 aromatic rings. The van der Waals surface area contributed by atoms with Crippen LogP contribution in [-0.4, -0.2) is 18.2 Å². The quantitative estimate of drug-likeness (QED) is 0.852. The molecule has 0 heterocycles. The zero-order valence-electron chi connectivity index (χ0n) is 12.0. The third-order valence-corrected chi connectivity index (χ3v) is 3.54. The molecular formula is C16H22N2O. The Kier molecular flexibility index (Phi) is 4.11. The van der Waals surface area contributed by atoms with Gasteiger partial charge in [0.15, 0.2) is 0 Å². The number of aryl methyl sites for hydroxylation is 2. The fraction of sp³-hybridized carbons (Fsp3) is 0.562. The van der Waals surface area contributed by atoms with Gasteiger partial charge in [0.25, 0.3) is 0 Å². The molecule has 1 N–H and O–H groups in total. The number of nitrogens with one attached hydrogen (secondary N) is 1. The number of nitrogens with zero attached hydrogens (tertiary/aromatic N) is 1. The minimum atomic E-state index is -0.472. The number of benzene rings is 1. The molecule has 1 aliphatic rings. The van der Waals surface area contributed by atoms with Crippen molar-refractivity contribution < 1.29 is 4.74 Å². The summed E-state index contributed by atoms with van der Waals surface area (Å²) in [6.45, 7) is 6.64. The van der Waals surface area contributed by atoms with Crippen molar-refractivity contribution in [3.63, 3.8) is 0 Å². The maximum absolute atomic E-state index is 9.28. The van der Waals surface area contributed by atoms with Gasteiger partial charge in [-0.1, -0.05) is 17.7 Å². The average molecular weight is 258 g/mol. The Labute approximate surface area is 115 Å². The lowest BCUT2D eigenvalue weighted by atomic mass is 10.0. The van der Waals surface area contributed by atoms with E-state index in [1.807, 2.05) is 26.0 Å². The molecule has 2 rings (SSSR count). The van der Waals surface area contributed by atoms with E-state index in [-0.39, 0.29) is 0 Å². The summed E-state index contributed by atoms with van der Waals surface area (Å²) >= 11 is 0. The van der Waals surface area contributed by atoms with Gasteiger partial charge in [-0.15, -0.1) is 0 Å². The van der Waals surface area contributed by atoms with Crippen LogP contribution in [0, 0.1) is 25.2 Å². The van der Waals surface area contributed by atoms with E-state index in [1.165, 1.54) is 18.4 Å². The van der Waals surface area contributed by atoms with E-state index in [0.29, 0.717) is 19.1 Å². The van der Waals surface area contributed by atoms with Crippen molar-refractivity contribution in [2.24, 2.45) is 0 Å². The van der Waals surface area contributed by atoms with E-state index in [1.54, 1.807) is 0 Å². The molecule has 1 saturated carbocycles. The summed E-state index contributed by atoms with van der Waals surface area (Å²) in [4.78, 5) is 0. The first kappa shape index (κ1) is 13.9. The molecule has 0 bridgehead atoms. The highest BCUT2D eigenvalue weighted by molar-refractivity contribution is 5.35. The zero-order valence-corrected chi connectivity index (χ0v) is 12.0. The molecule has 1 aromatic carbocycles. The van der Waals surface area contributed by atoms with Crippen LogP contribution in [0.3, 0.4) is 0 Å². The summed E-state index contributed by atoms with van der Waals surface area (Å²) in [6, 6.07) is 9.07. The Hall–Kier alpha value is -1.53.